The van der Waals surface area contributed by atoms with E-state index in [1.54, 1.807) is 29.4 Å². The van der Waals surface area contributed by atoms with Gasteiger partial charge in [-0.1, -0.05) is 23.7 Å². The van der Waals surface area contributed by atoms with E-state index in [4.69, 9.17) is 35.1 Å². The lowest BCUT2D eigenvalue weighted by atomic mass is 10.0. The van der Waals surface area contributed by atoms with Gasteiger partial charge in [0.05, 0.1) is 23.9 Å². The zero-order valence-corrected chi connectivity index (χ0v) is 22.3. The van der Waals surface area contributed by atoms with Crippen molar-refractivity contribution in [2.24, 2.45) is 0 Å². The third-order valence-corrected chi connectivity index (χ3v) is 7.34. The Kier molecular flexibility index (Phi) is 7.30. The number of ether oxygens (including phenoxy) is 1. The van der Waals surface area contributed by atoms with Crippen LogP contribution < -0.4 is 9.64 Å². The van der Waals surface area contributed by atoms with Crippen molar-refractivity contribution in [3.8, 4) is 16.9 Å². The molecule has 0 saturated carbocycles. The maximum Gasteiger partial charge on any atom is 0.258 e. The van der Waals surface area contributed by atoms with Gasteiger partial charge in [0.25, 0.3) is 5.91 Å². The summed E-state index contributed by atoms with van der Waals surface area (Å²) in [5, 5.41) is 0.999. The van der Waals surface area contributed by atoms with Crippen molar-refractivity contribution in [3.63, 3.8) is 0 Å². The molecular weight excluding hydrogens is 492 g/mol. The van der Waals surface area contributed by atoms with Crippen molar-refractivity contribution in [3.05, 3.63) is 82.4 Å². The molecule has 0 atom stereocenters. The van der Waals surface area contributed by atoms with E-state index in [-0.39, 0.29) is 5.91 Å². The molecular formula is C28H27ClN4O2S. The Balaban J connectivity index is 1.42. The number of pyridine rings is 1. The summed E-state index contributed by atoms with van der Waals surface area (Å²) in [6, 6.07) is 13.1. The molecule has 2 heterocycles. The van der Waals surface area contributed by atoms with Gasteiger partial charge in [-0.3, -0.25) is 14.7 Å². The third-order valence-electron chi connectivity index (χ3n) is 6.64. The molecule has 1 fully saturated rings. The molecule has 3 aromatic rings. The van der Waals surface area contributed by atoms with Crippen LogP contribution in [-0.2, 0) is 4.79 Å². The summed E-state index contributed by atoms with van der Waals surface area (Å²) in [5.41, 5.74) is 4.27. The van der Waals surface area contributed by atoms with Crippen LogP contribution in [0.1, 0.15) is 31.4 Å². The molecule has 4 rings (SSSR count). The topological polar surface area (TPSA) is 50.0 Å². The number of carbonyl (C=O) groups is 1. The molecule has 1 aliphatic heterocycles. The van der Waals surface area contributed by atoms with Crippen LogP contribution in [0.4, 0.5) is 11.4 Å². The number of hydrogen-bond acceptors (Lipinski definition) is 4. The van der Waals surface area contributed by atoms with E-state index in [9.17, 15) is 4.79 Å². The normalized spacial score (nSPS) is 14.8. The van der Waals surface area contributed by atoms with Crippen LogP contribution in [0.3, 0.4) is 0 Å². The van der Waals surface area contributed by atoms with Gasteiger partial charge in [-0.15, -0.1) is 0 Å². The predicted octanol–water partition coefficient (Wildman–Crippen LogP) is 6.75. The second-order valence-corrected chi connectivity index (χ2v) is 9.95. The Labute approximate surface area is 222 Å². The van der Waals surface area contributed by atoms with Crippen LogP contribution in [0, 0.1) is 20.4 Å². The number of carbonyl (C=O) groups excluding carboxylic acids is 1. The molecule has 1 aromatic heterocycles. The zero-order valence-electron chi connectivity index (χ0n) is 20.7. The summed E-state index contributed by atoms with van der Waals surface area (Å²) >= 11 is 12.2. The second-order valence-electron chi connectivity index (χ2n) is 9.18. The molecule has 0 radical (unpaired) electrons. The van der Waals surface area contributed by atoms with E-state index in [0.29, 0.717) is 41.1 Å². The maximum atomic E-state index is 13.4. The molecule has 6 nitrogen and oxygen atoms in total. The third kappa shape index (κ3) is 4.67. The Morgan fingerprint density at radius 3 is 2.47 bits per heavy atom. The maximum absolute atomic E-state index is 13.4. The van der Waals surface area contributed by atoms with Gasteiger partial charge in [0.15, 0.2) is 10.8 Å². The molecule has 2 aromatic carbocycles. The SMILES string of the molecule is [C-]#[N+]c1ccc(N2C(=O)C(C)(C)N(CCCOc3ccc(-c4ccncc4)cc3Cl)C2=S)c(C)c1C. The number of anilines is 1. The summed E-state index contributed by atoms with van der Waals surface area (Å²) in [5.74, 6) is 0.530. The molecule has 184 valence electrons. The number of aromatic nitrogens is 1. The summed E-state index contributed by atoms with van der Waals surface area (Å²) < 4.78 is 5.95. The van der Waals surface area contributed by atoms with Crippen LogP contribution >= 0.6 is 23.8 Å². The van der Waals surface area contributed by atoms with Crippen molar-refractivity contribution < 1.29 is 9.53 Å². The first-order valence-electron chi connectivity index (χ1n) is 11.6. The van der Waals surface area contributed by atoms with Gasteiger partial charge in [-0.2, -0.15) is 0 Å². The smallest absolute Gasteiger partial charge is 0.258 e. The second kappa shape index (κ2) is 10.3. The summed E-state index contributed by atoms with van der Waals surface area (Å²) in [7, 11) is 0. The van der Waals surface area contributed by atoms with E-state index < -0.39 is 5.54 Å². The molecule has 0 N–H and O–H groups in total. The predicted molar refractivity (Wildman–Crippen MR) is 148 cm³/mol. The van der Waals surface area contributed by atoms with E-state index in [2.05, 4.69) is 9.83 Å². The lowest BCUT2D eigenvalue weighted by Crippen LogP contribution is -2.44. The van der Waals surface area contributed by atoms with Crippen LogP contribution in [0.5, 0.6) is 5.75 Å². The van der Waals surface area contributed by atoms with Crippen LogP contribution in [-0.4, -0.2) is 39.6 Å². The van der Waals surface area contributed by atoms with Gasteiger partial charge in [0, 0.05) is 18.9 Å². The number of amides is 1. The van der Waals surface area contributed by atoms with Crippen molar-refractivity contribution in [2.45, 2.75) is 39.7 Å². The first kappa shape index (κ1) is 25.6. The molecule has 8 heteroatoms. The largest absolute Gasteiger partial charge is 0.492 e. The van der Waals surface area contributed by atoms with E-state index in [1.807, 2.05) is 62.9 Å². The monoisotopic (exact) mass is 518 g/mol. The number of hydrogen-bond donors (Lipinski definition) is 0. The van der Waals surface area contributed by atoms with Crippen molar-refractivity contribution in [1.82, 2.24) is 9.88 Å². The lowest BCUT2D eigenvalue weighted by molar-refractivity contribution is -0.123. The van der Waals surface area contributed by atoms with Crippen LogP contribution in [0.25, 0.3) is 16.0 Å². The highest BCUT2D eigenvalue weighted by atomic mass is 35.5. The number of thiocarbonyl (C=S) groups is 1. The fourth-order valence-electron chi connectivity index (χ4n) is 4.33. The lowest BCUT2D eigenvalue weighted by Gasteiger charge is -2.29. The van der Waals surface area contributed by atoms with E-state index in [0.717, 1.165) is 27.9 Å². The minimum Gasteiger partial charge on any atom is -0.492 e. The molecule has 1 amide bonds. The standard InChI is InChI=1S/C28H27ClN4O2S/c1-18-19(2)24(9-8-23(18)30-5)33-26(34)28(3,4)32(27(33)36)15-6-16-35-25-10-7-21(17-22(25)29)20-11-13-31-14-12-20/h7-14,17H,6,15-16H2,1-4H3. The van der Waals surface area contributed by atoms with Crippen LogP contribution in [0.2, 0.25) is 5.02 Å². The number of halogens is 1. The quantitative estimate of drug-likeness (QED) is 0.197. The molecule has 36 heavy (non-hydrogen) atoms. The minimum atomic E-state index is -0.792. The van der Waals surface area contributed by atoms with Gasteiger partial charge >= 0.3 is 0 Å². The van der Waals surface area contributed by atoms with E-state index in [1.165, 1.54) is 0 Å². The fourth-order valence-corrected chi connectivity index (χ4v) is 5.06. The van der Waals surface area contributed by atoms with Crippen molar-refractivity contribution in [2.75, 3.05) is 18.1 Å². The number of rotatable bonds is 7. The molecule has 1 aliphatic rings. The molecule has 1 saturated heterocycles. The number of benzene rings is 2. The zero-order chi connectivity index (χ0) is 26.0. The molecule has 0 unspecified atom stereocenters. The van der Waals surface area contributed by atoms with E-state index >= 15 is 0 Å². The minimum absolute atomic E-state index is 0.0822. The Bertz CT molecular complexity index is 1370. The first-order valence-corrected chi connectivity index (χ1v) is 12.4. The average molecular weight is 519 g/mol. The van der Waals surface area contributed by atoms with Gasteiger partial charge in [-0.25, -0.2) is 4.85 Å². The van der Waals surface area contributed by atoms with Gasteiger partial charge in [-0.05, 0) is 98.9 Å². The average Bonchev–Trinajstić information content (AvgIpc) is 3.03. The fraction of sp³-hybridized carbons (Fsp3) is 0.286. The Morgan fingerprint density at radius 1 is 1.08 bits per heavy atom. The summed E-state index contributed by atoms with van der Waals surface area (Å²) in [6.07, 6.45) is 4.14. The summed E-state index contributed by atoms with van der Waals surface area (Å²) in [6.45, 7) is 15.9. The summed E-state index contributed by atoms with van der Waals surface area (Å²) in [4.78, 5) is 24.5. The van der Waals surface area contributed by atoms with Crippen LogP contribution in [0.15, 0.2) is 54.9 Å². The molecule has 0 spiro atoms. The molecule has 0 aliphatic carbocycles. The molecule has 0 bridgehead atoms. The number of nitrogens with zero attached hydrogens (tertiary/aromatic N) is 4. The van der Waals surface area contributed by atoms with Crippen molar-refractivity contribution >= 4 is 46.2 Å². The highest BCUT2D eigenvalue weighted by Gasteiger charge is 2.49. The Hall–Kier alpha value is -3.47. The Morgan fingerprint density at radius 2 is 1.81 bits per heavy atom. The van der Waals surface area contributed by atoms with Gasteiger partial charge in [0.2, 0.25) is 0 Å². The highest BCUT2D eigenvalue weighted by Crippen LogP contribution is 2.37. The first-order chi connectivity index (χ1) is 17.2. The highest BCUT2D eigenvalue weighted by molar-refractivity contribution is 7.80. The van der Waals surface area contributed by atoms with Crippen molar-refractivity contribution in [1.29, 1.82) is 0 Å². The van der Waals surface area contributed by atoms with Gasteiger partial charge < -0.3 is 9.64 Å². The van der Waals surface area contributed by atoms with Gasteiger partial charge in [0.1, 0.15) is 11.3 Å².